The van der Waals surface area contributed by atoms with Crippen LogP contribution in [0, 0.1) is 0 Å². The number of amidine groups is 1. The Kier molecular flexibility index (Phi) is 3.43. The van der Waals surface area contributed by atoms with Gasteiger partial charge in [-0.3, -0.25) is 4.99 Å². The van der Waals surface area contributed by atoms with Crippen molar-refractivity contribution in [2.75, 3.05) is 0 Å². The molecule has 0 saturated carbocycles. The van der Waals surface area contributed by atoms with Crippen LogP contribution in [0.15, 0.2) is 4.99 Å². The fourth-order valence-electron chi connectivity index (χ4n) is 1.40. The third kappa shape index (κ3) is 2.21. The first-order valence-electron chi connectivity index (χ1n) is 4.43. The maximum Gasteiger partial charge on any atom is 0.180 e. The molecule has 1 rings (SSSR count). The molecule has 1 heterocycles. The third-order valence-electron chi connectivity index (χ3n) is 2.18. The van der Waals surface area contributed by atoms with E-state index in [0.29, 0.717) is 0 Å². The van der Waals surface area contributed by atoms with E-state index in [1.807, 2.05) is 0 Å². The number of nitrogens with two attached hydrogens (primary N) is 1. The van der Waals surface area contributed by atoms with E-state index >= 15 is 0 Å². The van der Waals surface area contributed by atoms with Crippen molar-refractivity contribution in [3.8, 4) is 0 Å². The average Bonchev–Trinajstić information content (AvgIpc) is 2.09. The monoisotopic (exact) mass is 204 g/mol. The number of ether oxygens (including phenoxy) is 1. The molecule has 6 nitrogen and oxygen atoms in total. The van der Waals surface area contributed by atoms with Gasteiger partial charge in [0, 0.05) is 0 Å². The van der Waals surface area contributed by atoms with Crippen molar-refractivity contribution in [2.24, 2.45) is 10.7 Å². The van der Waals surface area contributed by atoms with Crippen LogP contribution in [0.25, 0.3) is 0 Å². The lowest BCUT2D eigenvalue weighted by atomic mass is 9.98. The van der Waals surface area contributed by atoms with E-state index < -0.39 is 30.6 Å². The van der Waals surface area contributed by atoms with Crippen LogP contribution < -0.4 is 5.73 Å². The molecule has 1 fully saturated rings. The lowest BCUT2D eigenvalue weighted by Crippen LogP contribution is -2.56. The van der Waals surface area contributed by atoms with Gasteiger partial charge in [0.2, 0.25) is 0 Å². The van der Waals surface area contributed by atoms with Gasteiger partial charge in [-0.05, 0) is 13.8 Å². The summed E-state index contributed by atoms with van der Waals surface area (Å²) in [6.07, 6.45) is -4.08. The molecule has 0 amide bonds. The molecule has 0 unspecified atom stereocenters. The highest BCUT2D eigenvalue weighted by Gasteiger charge is 2.41. The predicted molar refractivity (Wildman–Crippen MR) is 49.7 cm³/mol. The molecule has 1 aliphatic rings. The van der Waals surface area contributed by atoms with E-state index in [0.717, 1.165) is 0 Å². The molecule has 0 aromatic rings. The molecule has 0 spiro atoms. The smallest absolute Gasteiger partial charge is 0.180 e. The first-order chi connectivity index (χ1) is 6.43. The van der Waals surface area contributed by atoms with Crippen molar-refractivity contribution < 1.29 is 20.1 Å². The number of hydrogen-bond donors (Lipinski definition) is 4. The summed E-state index contributed by atoms with van der Waals surface area (Å²) in [5.41, 5.74) is 5.32. The molecule has 0 aromatic carbocycles. The topological polar surface area (TPSA) is 108 Å². The quantitative estimate of drug-likeness (QED) is 0.297. The SMILES string of the molecule is CC(N)=N[C@H]1[C@H](O)[C@H](O)[C@H](C)O[C@@H]1O. The molecule has 5 atom stereocenters. The molecule has 0 radical (unpaired) electrons. The molecule has 1 saturated heterocycles. The number of aliphatic imine (C=N–C) groups is 1. The summed E-state index contributed by atoms with van der Waals surface area (Å²) >= 11 is 0. The minimum atomic E-state index is -1.23. The van der Waals surface area contributed by atoms with Gasteiger partial charge in [0.1, 0.15) is 18.2 Å². The van der Waals surface area contributed by atoms with E-state index in [1.54, 1.807) is 6.92 Å². The van der Waals surface area contributed by atoms with Gasteiger partial charge in [0.15, 0.2) is 6.29 Å². The van der Waals surface area contributed by atoms with Gasteiger partial charge >= 0.3 is 0 Å². The zero-order valence-electron chi connectivity index (χ0n) is 8.16. The molecule has 6 heteroatoms. The van der Waals surface area contributed by atoms with Crippen LogP contribution in [0.4, 0.5) is 0 Å². The van der Waals surface area contributed by atoms with Crippen molar-refractivity contribution in [3.63, 3.8) is 0 Å². The molecule has 0 bridgehead atoms. The molecule has 0 aliphatic carbocycles. The standard InChI is InChI=1S/C8H16N2O4/c1-3-6(11)7(12)5(8(13)14-3)10-4(2)9/h3,5-8,11-13H,1-2H3,(H2,9,10)/t3-,5-,6+,7-,8-/m0/s1. The molecule has 0 aromatic heterocycles. The Labute approximate surface area is 82.0 Å². The zero-order valence-corrected chi connectivity index (χ0v) is 8.16. The van der Waals surface area contributed by atoms with Gasteiger partial charge in [0.05, 0.1) is 11.9 Å². The van der Waals surface area contributed by atoms with Gasteiger partial charge in [-0.15, -0.1) is 0 Å². The summed E-state index contributed by atoms with van der Waals surface area (Å²) in [4.78, 5) is 3.79. The van der Waals surface area contributed by atoms with Gasteiger partial charge in [-0.1, -0.05) is 0 Å². The van der Waals surface area contributed by atoms with Gasteiger partial charge in [0.25, 0.3) is 0 Å². The molecular formula is C8H16N2O4. The maximum absolute atomic E-state index is 9.57. The van der Waals surface area contributed by atoms with Crippen LogP contribution in [0.5, 0.6) is 0 Å². The largest absolute Gasteiger partial charge is 0.388 e. The summed E-state index contributed by atoms with van der Waals surface area (Å²) in [5.74, 6) is 0.221. The number of rotatable bonds is 1. The van der Waals surface area contributed by atoms with Crippen LogP contribution in [-0.4, -0.2) is 51.8 Å². The van der Waals surface area contributed by atoms with E-state index in [9.17, 15) is 15.3 Å². The first-order valence-corrected chi connectivity index (χ1v) is 4.43. The fraction of sp³-hybridized carbons (Fsp3) is 0.875. The Morgan fingerprint density at radius 1 is 1.29 bits per heavy atom. The summed E-state index contributed by atoms with van der Waals surface area (Å²) in [6.45, 7) is 3.09. The fourth-order valence-corrected chi connectivity index (χ4v) is 1.40. The van der Waals surface area contributed by atoms with Crippen molar-refractivity contribution in [1.29, 1.82) is 0 Å². The number of aliphatic hydroxyl groups excluding tert-OH is 3. The van der Waals surface area contributed by atoms with Crippen LogP contribution in [0.3, 0.4) is 0 Å². The van der Waals surface area contributed by atoms with E-state index in [2.05, 4.69) is 4.99 Å². The predicted octanol–water partition coefficient (Wildman–Crippen LogP) is -1.81. The van der Waals surface area contributed by atoms with Crippen molar-refractivity contribution >= 4 is 5.84 Å². The van der Waals surface area contributed by atoms with Crippen LogP contribution >= 0.6 is 0 Å². The van der Waals surface area contributed by atoms with Gasteiger partial charge in [-0.2, -0.15) is 0 Å². The minimum Gasteiger partial charge on any atom is -0.388 e. The second-order valence-corrected chi connectivity index (χ2v) is 3.47. The van der Waals surface area contributed by atoms with Crippen LogP contribution in [-0.2, 0) is 4.74 Å². The molecular weight excluding hydrogens is 188 g/mol. The highest BCUT2D eigenvalue weighted by Crippen LogP contribution is 2.21. The Bertz CT molecular complexity index is 229. The number of hydrogen-bond acceptors (Lipinski definition) is 5. The normalized spacial score (nSPS) is 45.2. The number of aliphatic hydroxyl groups is 3. The Balaban J connectivity index is 2.79. The average molecular weight is 204 g/mol. The van der Waals surface area contributed by atoms with Crippen molar-refractivity contribution in [2.45, 2.75) is 44.5 Å². The van der Waals surface area contributed by atoms with Gasteiger partial charge in [-0.25, -0.2) is 0 Å². The first kappa shape index (κ1) is 11.4. The summed E-state index contributed by atoms with van der Waals surface area (Å²) < 4.78 is 4.97. The third-order valence-corrected chi connectivity index (χ3v) is 2.18. The Morgan fingerprint density at radius 3 is 2.36 bits per heavy atom. The summed E-state index contributed by atoms with van der Waals surface area (Å²) in [6, 6.07) is -0.925. The van der Waals surface area contributed by atoms with Crippen molar-refractivity contribution in [3.05, 3.63) is 0 Å². The second-order valence-electron chi connectivity index (χ2n) is 3.47. The lowest BCUT2D eigenvalue weighted by molar-refractivity contribution is -0.236. The van der Waals surface area contributed by atoms with Crippen LogP contribution in [0.2, 0.25) is 0 Å². The van der Waals surface area contributed by atoms with Crippen molar-refractivity contribution in [1.82, 2.24) is 0 Å². The molecule has 82 valence electrons. The lowest BCUT2D eigenvalue weighted by Gasteiger charge is -2.37. The number of nitrogens with zero attached hydrogens (tertiary/aromatic N) is 1. The highest BCUT2D eigenvalue weighted by atomic mass is 16.6. The highest BCUT2D eigenvalue weighted by molar-refractivity contribution is 5.77. The Hall–Kier alpha value is -0.690. The van der Waals surface area contributed by atoms with Gasteiger partial charge < -0.3 is 25.8 Å². The summed E-state index contributed by atoms with van der Waals surface area (Å²) in [5, 5.41) is 28.4. The maximum atomic E-state index is 9.57. The second kappa shape index (κ2) is 4.22. The minimum absolute atomic E-state index is 0.221. The van der Waals surface area contributed by atoms with Crippen LogP contribution in [0.1, 0.15) is 13.8 Å². The molecule has 1 aliphatic heterocycles. The summed E-state index contributed by atoms with van der Waals surface area (Å²) in [7, 11) is 0. The molecule has 5 N–H and O–H groups in total. The van der Waals surface area contributed by atoms with E-state index in [4.69, 9.17) is 10.5 Å². The zero-order chi connectivity index (χ0) is 10.9. The molecule has 14 heavy (non-hydrogen) atoms. The van der Waals surface area contributed by atoms with E-state index in [-0.39, 0.29) is 5.84 Å². The van der Waals surface area contributed by atoms with E-state index in [1.165, 1.54) is 6.92 Å². The Morgan fingerprint density at radius 2 is 1.86 bits per heavy atom.